The summed E-state index contributed by atoms with van der Waals surface area (Å²) in [5.74, 6) is 0.528. The van der Waals surface area contributed by atoms with Crippen molar-refractivity contribution in [3.63, 3.8) is 0 Å². The van der Waals surface area contributed by atoms with Gasteiger partial charge in [-0.3, -0.25) is 4.98 Å². The largest absolute Gasteiger partial charge is 0.455 e. The van der Waals surface area contributed by atoms with E-state index in [1.54, 1.807) is 23.4 Å². The summed E-state index contributed by atoms with van der Waals surface area (Å²) in [6.45, 7) is 2.34. The van der Waals surface area contributed by atoms with Gasteiger partial charge in [-0.1, -0.05) is 0 Å². The normalized spacial score (nSPS) is 15.1. The fourth-order valence-corrected chi connectivity index (χ4v) is 1.69. The Morgan fingerprint density at radius 1 is 1.47 bits per heavy atom. The Hall–Kier alpha value is -1.86. The van der Waals surface area contributed by atoms with Gasteiger partial charge < -0.3 is 24.8 Å². The van der Waals surface area contributed by atoms with E-state index in [1.807, 2.05) is 0 Å². The molecule has 0 saturated carbocycles. The highest BCUT2D eigenvalue weighted by atomic mass is 16.7. The molecule has 7 nitrogen and oxygen atoms in total. The zero-order valence-corrected chi connectivity index (χ0v) is 10.6. The highest BCUT2D eigenvalue weighted by Gasteiger charge is 2.18. The van der Waals surface area contributed by atoms with Gasteiger partial charge in [0.2, 0.25) is 6.79 Å². The molecule has 1 aliphatic heterocycles. The number of carbonyl (C=O) groups excluding carboxylic acids is 1. The molecular weight excluding hydrogens is 250 g/mol. The number of morpholine rings is 1. The van der Waals surface area contributed by atoms with E-state index in [2.05, 4.69) is 4.98 Å². The molecule has 0 atom stereocenters. The number of pyridine rings is 1. The van der Waals surface area contributed by atoms with Crippen LogP contribution in [0.25, 0.3) is 0 Å². The van der Waals surface area contributed by atoms with E-state index >= 15 is 0 Å². The first kappa shape index (κ1) is 13.6. The van der Waals surface area contributed by atoms with Gasteiger partial charge in [0.1, 0.15) is 5.75 Å². The maximum absolute atomic E-state index is 11.7. The van der Waals surface area contributed by atoms with E-state index in [0.29, 0.717) is 38.6 Å². The standard InChI is InChI=1S/C12H17N3O4/c13-7-10-1-2-14-8-11(10)18-9-19-12(16)15-3-5-17-6-4-15/h1-2,8H,3-7,9,13H2. The van der Waals surface area contributed by atoms with Crippen molar-refractivity contribution in [2.45, 2.75) is 6.54 Å². The first-order valence-electron chi connectivity index (χ1n) is 6.06. The maximum Gasteiger partial charge on any atom is 0.412 e. The molecule has 7 heteroatoms. The fourth-order valence-electron chi connectivity index (χ4n) is 1.69. The lowest BCUT2D eigenvalue weighted by Gasteiger charge is -2.25. The fraction of sp³-hybridized carbons (Fsp3) is 0.500. The van der Waals surface area contributed by atoms with E-state index < -0.39 is 6.09 Å². The molecule has 0 radical (unpaired) electrons. The van der Waals surface area contributed by atoms with Gasteiger partial charge in [0.15, 0.2) is 0 Å². The summed E-state index contributed by atoms with van der Waals surface area (Å²) in [5, 5.41) is 0. The van der Waals surface area contributed by atoms with Crippen LogP contribution in [0.5, 0.6) is 5.75 Å². The van der Waals surface area contributed by atoms with Gasteiger partial charge in [-0.25, -0.2) is 4.79 Å². The monoisotopic (exact) mass is 267 g/mol. The summed E-state index contributed by atoms with van der Waals surface area (Å²) in [4.78, 5) is 17.2. The molecule has 1 amide bonds. The molecule has 2 heterocycles. The zero-order valence-electron chi connectivity index (χ0n) is 10.6. The molecule has 104 valence electrons. The van der Waals surface area contributed by atoms with Crippen LogP contribution in [-0.4, -0.2) is 49.1 Å². The minimum atomic E-state index is -0.401. The number of nitrogens with two attached hydrogens (primary N) is 1. The van der Waals surface area contributed by atoms with Crippen molar-refractivity contribution in [2.24, 2.45) is 5.73 Å². The molecule has 1 saturated heterocycles. The first-order valence-corrected chi connectivity index (χ1v) is 6.06. The minimum absolute atomic E-state index is 0.158. The molecule has 19 heavy (non-hydrogen) atoms. The second-order valence-electron chi connectivity index (χ2n) is 3.96. The lowest BCUT2D eigenvalue weighted by molar-refractivity contribution is 0.00125. The molecule has 1 aromatic heterocycles. The van der Waals surface area contributed by atoms with Crippen LogP contribution < -0.4 is 10.5 Å². The Balaban J connectivity index is 1.78. The van der Waals surface area contributed by atoms with E-state index in [-0.39, 0.29) is 6.79 Å². The molecule has 0 unspecified atom stereocenters. The highest BCUT2D eigenvalue weighted by molar-refractivity contribution is 5.67. The van der Waals surface area contributed by atoms with Crippen molar-refractivity contribution in [1.82, 2.24) is 9.88 Å². The number of amides is 1. The van der Waals surface area contributed by atoms with E-state index in [0.717, 1.165) is 5.56 Å². The summed E-state index contributed by atoms with van der Waals surface area (Å²) in [6, 6.07) is 1.76. The average Bonchev–Trinajstić information content (AvgIpc) is 2.48. The Kier molecular flexibility index (Phi) is 4.93. The molecule has 0 aromatic carbocycles. The van der Waals surface area contributed by atoms with Gasteiger partial charge >= 0.3 is 6.09 Å². The number of aromatic nitrogens is 1. The van der Waals surface area contributed by atoms with Crippen LogP contribution in [-0.2, 0) is 16.0 Å². The molecule has 1 aliphatic rings. The lowest BCUT2D eigenvalue weighted by atomic mass is 10.2. The predicted molar refractivity (Wildman–Crippen MR) is 66.5 cm³/mol. The topological polar surface area (TPSA) is 86.9 Å². The molecule has 1 aromatic rings. The van der Waals surface area contributed by atoms with Crippen molar-refractivity contribution in [3.8, 4) is 5.75 Å². The zero-order chi connectivity index (χ0) is 13.5. The van der Waals surface area contributed by atoms with E-state index in [9.17, 15) is 4.79 Å². The van der Waals surface area contributed by atoms with E-state index in [1.165, 1.54) is 0 Å². The van der Waals surface area contributed by atoms with Crippen molar-refractivity contribution < 1.29 is 19.0 Å². The van der Waals surface area contributed by atoms with Crippen LogP contribution >= 0.6 is 0 Å². The number of rotatable bonds is 4. The van der Waals surface area contributed by atoms with Crippen molar-refractivity contribution >= 4 is 6.09 Å². The summed E-state index contributed by atoms with van der Waals surface area (Å²) in [5.41, 5.74) is 6.38. The Bertz CT molecular complexity index is 421. The Labute approximate surface area is 111 Å². The SMILES string of the molecule is NCc1ccncc1OCOC(=O)N1CCOCC1. The number of ether oxygens (including phenoxy) is 3. The molecule has 0 aliphatic carbocycles. The van der Waals surface area contributed by atoms with Crippen molar-refractivity contribution in [2.75, 3.05) is 33.1 Å². The van der Waals surface area contributed by atoms with Gasteiger partial charge in [-0.05, 0) is 6.07 Å². The summed E-state index contributed by atoms with van der Waals surface area (Å²) in [6.07, 6.45) is 2.78. The molecule has 2 N–H and O–H groups in total. The van der Waals surface area contributed by atoms with Gasteiger partial charge in [-0.2, -0.15) is 0 Å². The van der Waals surface area contributed by atoms with Gasteiger partial charge in [-0.15, -0.1) is 0 Å². The van der Waals surface area contributed by atoms with Crippen LogP contribution in [0.15, 0.2) is 18.5 Å². The van der Waals surface area contributed by atoms with Gasteiger partial charge in [0, 0.05) is 31.4 Å². The third-order valence-corrected chi connectivity index (χ3v) is 2.76. The quantitative estimate of drug-likeness (QED) is 0.792. The summed E-state index contributed by atoms with van der Waals surface area (Å²) >= 11 is 0. The minimum Gasteiger partial charge on any atom is -0.455 e. The van der Waals surface area contributed by atoms with Crippen LogP contribution in [0.4, 0.5) is 4.79 Å². The average molecular weight is 267 g/mol. The molecular formula is C12H17N3O4. The number of hydrogen-bond donors (Lipinski definition) is 1. The molecule has 2 rings (SSSR count). The van der Waals surface area contributed by atoms with Crippen molar-refractivity contribution in [1.29, 1.82) is 0 Å². The second-order valence-corrected chi connectivity index (χ2v) is 3.96. The smallest absolute Gasteiger partial charge is 0.412 e. The van der Waals surface area contributed by atoms with Crippen LogP contribution in [0.3, 0.4) is 0 Å². The number of hydrogen-bond acceptors (Lipinski definition) is 6. The summed E-state index contributed by atoms with van der Waals surface area (Å²) in [7, 11) is 0. The molecule has 0 spiro atoms. The first-order chi connectivity index (χ1) is 9.31. The maximum atomic E-state index is 11.7. The van der Waals surface area contributed by atoms with Gasteiger partial charge in [0.25, 0.3) is 0 Å². The van der Waals surface area contributed by atoms with Crippen molar-refractivity contribution in [3.05, 3.63) is 24.0 Å². The number of nitrogens with zero attached hydrogens (tertiary/aromatic N) is 2. The highest BCUT2D eigenvalue weighted by Crippen LogP contribution is 2.15. The predicted octanol–water partition coefficient (Wildman–Crippen LogP) is 0.345. The van der Waals surface area contributed by atoms with E-state index in [4.69, 9.17) is 19.9 Å². The van der Waals surface area contributed by atoms with Crippen LogP contribution in [0, 0.1) is 0 Å². The third-order valence-electron chi connectivity index (χ3n) is 2.76. The van der Waals surface area contributed by atoms with Gasteiger partial charge in [0.05, 0.1) is 19.4 Å². The summed E-state index contributed by atoms with van der Waals surface area (Å²) < 4.78 is 15.5. The molecule has 1 fully saturated rings. The Morgan fingerprint density at radius 2 is 2.26 bits per heavy atom. The van der Waals surface area contributed by atoms with Crippen LogP contribution in [0.1, 0.15) is 5.56 Å². The lowest BCUT2D eigenvalue weighted by Crippen LogP contribution is -2.41. The Morgan fingerprint density at radius 3 is 3.00 bits per heavy atom. The van der Waals surface area contributed by atoms with Crippen LogP contribution in [0.2, 0.25) is 0 Å². The molecule has 0 bridgehead atoms. The number of carbonyl (C=O) groups is 1. The second kappa shape index (κ2) is 6.91. The third kappa shape index (κ3) is 3.80.